The van der Waals surface area contributed by atoms with Crippen LogP contribution in [0, 0.1) is 0 Å². The summed E-state index contributed by atoms with van der Waals surface area (Å²) in [5, 5.41) is 3.02. The Hall–Kier alpha value is -1.35. The Bertz CT molecular complexity index is 386. The zero-order chi connectivity index (χ0) is 13.8. The maximum atomic E-state index is 12.1. The van der Waals surface area contributed by atoms with Crippen molar-refractivity contribution in [2.24, 2.45) is 0 Å². The van der Waals surface area contributed by atoms with Crippen molar-refractivity contribution in [3.63, 3.8) is 0 Å². The van der Waals surface area contributed by atoms with Gasteiger partial charge in [-0.1, -0.05) is 6.92 Å². The molecule has 0 aliphatic heterocycles. The quantitative estimate of drug-likeness (QED) is 0.815. The lowest BCUT2D eigenvalue weighted by Crippen LogP contribution is -2.33. The van der Waals surface area contributed by atoms with E-state index < -0.39 is 0 Å². The number of benzene rings is 1. The lowest BCUT2D eigenvalue weighted by atomic mass is 10.0. The molecule has 0 heterocycles. The van der Waals surface area contributed by atoms with Crippen molar-refractivity contribution >= 4 is 5.78 Å². The molecule has 3 nitrogen and oxygen atoms in total. The highest BCUT2D eigenvalue weighted by Crippen LogP contribution is 2.19. The van der Waals surface area contributed by atoms with E-state index in [4.69, 9.17) is 4.74 Å². The number of hydrogen-bond donors (Lipinski definition) is 1. The van der Waals surface area contributed by atoms with Crippen LogP contribution in [0.2, 0.25) is 0 Å². The van der Waals surface area contributed by atoms with E-state index in [-0.39, 0.29) is 17.4 Å². The van der Waals surface area contributed by atoms with Gasteiger partial charge < -0.3 is 10.1 Å². The molecule has 18 heavy (non-hydrogen) atoms. The van der Waals surface area contributed by atoms with Gasteiger partial charge in [0.1, 0.15) is 11.4 Å². The molecule has 0 fully saturated rings. The van der Waals surface area contributed by atoms with Crippen LogP contribution in [0.25, 0.3) is 0 Å². The molecular weight excluding hydrogens is 226 g/mol. The van der Waals surface area contributed by atoms with Gasteiger partial charge in [0.05, 0.1) is 6.04 Å². The third kappa shape index (κ3) is 4.15. The zero-order valence-electron chi connectivity index (χ0n) is 11.9. The highest BCUT2D eigenvalue weighted by Gasteiger charge is 2.17. The molecule has 0 spiro atoms. The van der Waals surface area contributed by atoms with Crippen molar-refractivity contribution in [1.82, 2.24) is 5.32 Å². The molecule has 1 rings (SSSR count). The molecule has 0 amide bonds. The van der Waals surface area contributed by atoms with E-state index >= 15 is 0 Å². The van der Waals surface area contributed by atoms with Crippen molar-refractivity contribution in [2.75, 3.05) is 7.05 Å². The first-order valence-electron chi connectivity index (χ1n) is 6.38. The monoisotopic (exact) mass is 249 g/mol. The van der Waals surface area contributed by atoms with E-state index in [0.29, 0.717) is 0 Å². The number of carbonyl (C=O) groups excluding carboxylic acids is 1. The minimum Gasteiger partial charge on any atom is -0.488 e. The average Bonchev–Trinajstić information content (AvgIpc) is 2.29. The molecular formula is C15H23NO2. The van der Waals surface area contributed by atoms with Crippen LogP contribution in [-0.2, 0) is 0 Å². The summed E-state index contributed by atoms with van der Waals surface area (Å²) in [5.41, 5.74) is 0.500. The van der Waals surface area contributed by atoms with Gasteiger partial charge in [-0.25, -0.2) is 0 Å². The van der Waals surface area contributed by atoms with E-state index in [9.17, 15) is 4.79 Å². The molecule has 0 aliphatic carbocycles. The van der Waals surface area contributed by atoms with Gasteiger partial charge in [0.2, 0.25) is 0 Å². The Balaban J connectivity index is 2.79. The summed E-state index contributed by atoms with van der Waals surface area (Å²) < 4.78 is 5.72. The van der Waals surface area contributed by atoms with Crippen molar-refractivity contribution in [2.45, 2.75) is 45.8 Å². The molecule has 0 aliphatic rings. The summed E-state index contributed by atoms with van der Waals surface area (Å²) in [5.74, 6) is 0.916. The van der Waals surface area contributed by atoms with Gasteiger partial charge in [-0.2, -0.15) is 0 Å². The Morgan fingerprint density at radius 1 is 1.28 bits per heavy atom. The summed E-state index contributed by atoms with van der Waals surface area (Å²) >= 11 is 0. The van der Waals surface area contributed by atoms with Crippen LogP contribution < -0.4 is 10.1 Å². The SMILES string of the molecule is CCC(NC)C(=O)c1ccc(OC(C)(C)C)cc1. The molecule has 0 aromatic heterocycles. The second kappa shape index (κ2) is 6.01. The normalized spacial score (nSPS) is 13.2. The van der Waals surface area contributed by atoms with E-state index in [1.807, 2.05) is 59.0 Å². The summed E-state index contributed by atoms with van der Waals surface area (Å²) in [6.07, 6.45) is 0.787. The topological polar surface area (TPSA) is 38.3 Å². The second-order valence-electron chi connectivity index (χ2n) is 5.35. The Kier molecular flexibility index (Phi) is 4.91. The van der Waals surface area contributed by atoms with Crippen LogP contribution in [0.5, 0.6) is 5.75 Å². The largest absolute Gasteiger partial charge is 0.488 e. The average molecular weight is 249 g/mol. The van der Waals surface area contributed by atoms with Gasteiger partial charge in [0, 0.05) is 5.56 Å². The number of hydrogen-bond acceptors (Lipinski definition) is 3. The lowest BCUT2D eigenvalue weighted by Gasteiger charge is -2.21. The molecule has 3 heteroatoms. The second-order valence-corrected chi connectivity index (χ2v) is 5.35. The highest BCUT2D eigenvalue weighted by molar-refractivity contribution is 6.00. The van der Waals surface area contributed by atoms with Crippen LogP contribution in [0.4, 0.5) is 0 Å². The Labute approximate surface area is 110 Å². The van der Waals surface area contributed by atoms with Crippen LogP contribution in [0.1, 0.15) is 44.5 Å². The first-order valence-corrected chi connectivity index (χ1v) is 6.38. The molecule has 100 valence electrons. The summed E-state index contributed by atoms with van der Waals surface area (Å²) in [6.45, 7) is 8.00. The standard InChI is InChI=1S/C15H23NO2/c1-6-13(16-5)14(17)11-7-9-12(10-8-11)18-15(2,3)4/h7-10,13,16H,6H2,1-5H3. The number of ether oxygens (including phenoxy) is 1. The third-order valence-electron chi connectivity index (χ3n) is 2.64. The maximum absolute atomic E-state index is 12.1. The first kappa shape index (κ1) is 14.7. The van der Waals surface area contributed by atoms with Crippen molar-refractivity contribution in [3.8, 4) is 5.75 Å². The van der Waals surface area contributed by atoms with E-state index in [0.717, 1.165) is 17.7 Å². The zero-order valence-corrected chi connectivity index (χ0v) is 11.9. The van der Waals surface area contributed by atoms with E-state index in [1.54, 1.807) is 0 Å². The van der Waals surface area contributed by atoms with Crippen molar-refractivity contribution in [3.05, 3.63) is 29.8 Å². The van der Waals surface area contributed by atoms with E-state index in [1.165, 1.54) is 0 Å². The molecule has 1 unspecified atom stereocenters. The molecule has 0 saturated carbocycles. The first-order chi connectivity index (χ1) is 8.37. The minimum atomic E-state index is -0.220. The highest BCUT2D eigenvalue weighted by atomic mass is 16.5. The van der Waals surface area contributed by atoms with Crippen LogP contribution in [-0.4, -0.2) is 24.5 Å². The molecule has 1 aromatic carbocycles. The molecule has 1 atom stereocenters. The van der Waals surface area contributed by atoms with Crippen LogP contribution in [0.3, 0.4) is 0 Å². The lowest BCUT2D eigenvalue weighted by molar-refractivity contribution is 0.0945. The summed E-state index contributed by atoms with van der Waals surface area (Å²) in [7, 11) is 1.81. The fourth-order valence-corrected chi connectivity index (χ4v) is 1.76. The number of ketones is 1. The van der Waals surface area contributed by atoms with Gasteiger partial charge in [0.25, 0.3) is 0 Å². The molecule has 1 aromatic rings. The molecule has 0 bridgehead atoms. The summed E-state index contributed by atoms with van der Waals surface area (Å²) in [6, 6.07) is 7.23. The van der Waals surface area contributed by atoms with Gasteiger partial charge in [-0.05, 0) is 58.5 Å². The van der Waals surface area contributed by atoms with Gasteiger partial charge in [-0.3, -0.25) is 4.79 Å². The maximum Gasteiger partial charge on any atom is 0.179 e. The number of rotatable bonds is 5. The number of nitrogens with one attached hydrogen (secondary N) is 1. The van der Waals surface area contributed by atoms with Crippen molar-refractivity contribution in [1.29, 1.82) is 0 Å². The fourth-order valence-electron chi connectivity index (χ4n) is 1.76. The third-order valence-corrected chi connectivity index (χ3v) is 2.64. The number of Topliss-reactive ketones (excluding diaryl/α,β-unsaturated/α-hetero) is 1. The smallest absolute Gasteiger partial charge is 0.179 e. The number of carbonyl (C=O) groups is 1. The Morgan fingerprint density at radius 3 is 2.22 bits per heavy atom. The minimum absolute atomic E-state index is 0.112. The number of likely N-dealkylation sites (N-methyl/N-ethyl adjacent to an activating group) is 1. The fraction of sp³-hybridized carbons (Fsp3) is 0.533. The van der Waals surface area contributed by atoms with Gasteiger partial charge >= 0.3 is 0 Å². The van der Waals surface area contributed by atoms with Crippen molar-refractivity contribution < 1.29 is 9.53 Å². The van der Waals surface area contributed by atoms with Gasteiger partial charge in [-0.15, -0.1) is 0 Å². The summed E-state index contributed by atoms with van der Waals surface area (Å²) in [4.78, 5) is 12.1. The predicted octanol–water partition coefficient (Wildman–Crippen LogP) is 3.04. The Morgan fingerprint density at radius 2 is 1.83 bits per heavy atom. The van der Waals surface area contributed by atoms with Crippen LogP contribution in [0.15, 0.2) is 24.3 Å². The molecule has 1 N–H and O–H groups in total. The van der Waals surface area contributed by atoms with Crippen LogP contribution >= 0.6 is 0 Å². The molecule has 0 radical (unpaired) electrons. The van der Waals surface area contributed by atoms with Gasteiger partial charge in [0.15, 0.2) is 5.78 Å². The van der Waals surface area contributed by atoms with E-state index in [2.05, 4.69) is 5.32 Å². The predicted molar refractivity (Wildman–Crippen MR) is 74.3 cm³/mol. The molecule has 0 saturated heterocycles.